The van der Waals surface area contributed by atoms with Crippen LogP contribution in [-0.2, 0) is 14.6 Å². The van der Waals surface area contributed by atoms with Gasteiger partial charge in [0.2, 0.25) is 5.91 Å². The Morgan fingerprint density at radius 2 is 1.52 bits per heavy atom. The minimum atomic E-state index is -3.30. The van der Waals surface area contributed by atoms with E-state index in [1.165, 1.54) is 4.90 Å². The van der Waals surface area contributed by atoms with Gasteiger partial charge >= 0.3 is 6.03 Å². The molecule has 3 atom stereocenters. The maximum absolute atomic E-state index is 13.1. The number of hydrogen-bond acceptors (Lipinski definition) is 4. The molecular formula is C22H26N2O4S. The van der Waals surface area contributed by atoms with E-state index in [-0.39, 0.29) is 41.3 Å². The van der Waals surface area contributed by atoms with E-state index in [4.69, 9.17) is 0 Å². The average Bonchev–Trinajstić information content (AvgIpc) is 2.89. The van der Waals surface area contributed by atoms with Crippen molar-refractivity contribution in [3.05, 3.63) is 65.7 Å². The first-order valence-electron chi connectivity index (χ1n) is 9.55. The van der Waals surface area contributed by atoms with Crippen LogP contribution in [0.3, 0.4) is 0 Å². The zero-order chi connectivity index (χ0) is 21.3. The molecule has 0 bridgehead atoms. The average molecular weight is 415 g/mol. The molecule has 29 heavy (non-hydrogen) atoms. The molecule has 0 N–H and O–H groups in total. The van der Waals surface area contributed by atoms with Crippen LogP contribution in [0.4, 0.5) is 4.79 Å². The van der Waals surface area contributed by atoms with Crippen LogP contribution in [0.15, 0.2) is 59.5 Å². The van der Waals surface area contributed by atoms with Crippen LogP contribution >= 0.6 is 0 Å². The van der Waals surface area contributed by atoms with Crippen molar-refractivity contribution in [2.75, 3.05) is 13.3 Å². The fraction of sp³-hybridized carbons (Fsp3) is 0.364. The first-order valence-corrected chi connectivity index (χ1v) is 11.4. The van der Waals surface area contributed by atoms with Gasteiger partial charge in [-0.25, -0.2) is 13.2 Å². The van der Waals surface area contributed by atoms with Gasteiger partial charge in [0.1, 0.15) is 0 Å². The molecule has 2 aromatic rings. The maximum atomic E-state index is 13.1. The van der Waals surface area contributed by atoms with Crippen LogP contribution in [0, 0.1) is 0 Å². The van der Waals surface area contributed by atoms with Crippen molar-refractivity contribution in [2.45, 2.75) is 43.2 Å². The van der Waals surface area contributed by atoms with Crippen LogP contribution < -0.4 is 0 Å². The van der Waals surface area contributed by atoms with Crippen molar-refractivity contribution in [1.82, 2.24) is 9.80 Å². The predicted molar refractivity (Wildman–Crippen MR) is 111 cm³/mol. The molecule has 1 heterocycles. The fourth-order valence-corrected chi connectivity index (χ4v) is 4.36. The van der Waals surface area contributed by atoms with E-state index in [1.807, 2.05) is 44.2 Å². The zero-order valence-corrected chi connectivity index (χ0v) is 17.9. The minimum absolute atomic E-state index is 0.0457. The van der Waals surface area contributed by atoms with Gasteiger partial charge in [-0.15, -0.1) is 0 Å². The summed E-state index contributed by atoms with van der Waals surface area (Å²) in [7, 11) is -1.59. The lowest BCUT2D eigenvalue weighted by Gasteiger charge is -2.23. The Kier molecular flexibility index (Phi) is 5.80. The first-order chi connectivity index (χ1) is 13.6. The molecule has 0 saturated carbocycles. The van der Waals surface area contributed by atoms with Gasteiger partial charge in [-0.3, -0.25) is 9.69 Å². The third-order valence-corrected chi connectivity index (χ3v) is 6.91. The largest absolute Gasteiger partial charge is 0.327 e. The second-order valence-corrected chi connectivity index (χ2v) is 9.66. The second kappa shape index (κ2) is 7.99. The summed E-state index contributed by atoms with van der Waals surface area (Å²) in [6.45, 7) is 3.80. The topological polar surface area (TPSA) is 74.8 Å². The van der Waals surface area contributed by atoms with Gasteiger partial charge in [0.15, 0.2) is 9.84 Å². The van der Waals surface area contributed by atoms with E-state index in [1.54, 1.807) is 36.2 Å². The molecule has 2 unspecified atom stereocenters. The standard InChI is InChI=1S/C22H26N2O4S/c1-15-16(2)24(22(26)23(15)3)21(25)14-20(17-8-6-5-7-9-17)18-10-12-19(13-11-18)29(4,27)28/h5-13,15-16,20H,14H2,1-4H3/t15?,16?,20-/m0/s1. The summed E-state index contributed by atoms with van der Waals surface area (Å²) in [5.41, 5.74) is 1.77. The monoisotopic (exact) mass is 414 g/mol. The Hall–Kier alpha value is -2.67. The molecule has 6 nitrogen and oxygen atoms in total. The predicted octanol–water partition coefficient (Wildman–Crippen LogP) is 3.28. The molecule has 3 amide bonds. The Balaban J connectivity index is 1.93. The van der Waals surface area contributed by atoms with Gasteiger partial charge < -0.3 is 4.90 Å². The van der Waals surface area contributed by atoms with Gasteiger partial charge in [0, 0.05) is 25.6 Å². The number of sulfone groups is 1. The molecule has 154 valence electrons. The number of amides is 3. The number of rotatable bonds is 5. The van der Waals surface area contributed by atoms with Crippen LogP contribution in [0.5, 0.6) is 0 Å². The molecule has 7 heteroatoms. The van der Waals surface area contributed by atoms with E-state index < -0.39 is 9.84 Å². The van der Waals surface area contributed by atoms with E-state index in [0.29, 0.717) is 0 Å². The summed E-state index contributed by atoms with van der Waals surface area (Å²) in [5, 5.41) is 0. The highest BCUT2D eigenvalue weighted by molar-refractivity contribution is 7.90. The first kappa shape index (κ1) is 21.0. The number of imide groups is 1. The summed E-state index contributed by atoms with van der Waals surface area (Å²) in [6.07, 6.45) is 1.29. The van der Waals surface area contributed by atoms with Crippen LogP contribution in [-0.4, -0.2) is 55.5 Å². The number of urea groups is 1. The van der Waals surface area contributed by atoms with E-state index in [0.717, 1.165) is 17.4 Å². The zero-order valence-electron chi connectivity index (χ0n) is 17.1. The van der Waals surface area contributed by atoms with Crippen molar-refractivity contribution >= 4 is 21.8 Å². The van der Waals surface area contributed by atoms with E-state index >= 15 is 0 Å². The maximum Gasteiger partial charge on any atom is 0.327 e. The molecule has 1 saturated heterocycles. The highest BCUT2D eigenvalue weighted by atomic mass is 32.2. The molecule has 0 aliphatic carbocycles. The molecule has 1 aliphatic rings. The Morgan fingerprint density at radius 1 is 0.966 bits per heavy atom. The van der Waals surface area contributed by atoms with Crippen molar-refractivity contribution in [2.24, 2.45) is 0 Å². The molecule has 1 aliphatic heterocycles. The summed E-state index contributed by atoms with van der Waals surface area (Å²) in [4.78, 5) is 28.8. The molecule has 0 radical (unpaired) electrons. The number of nitrogens with zero attached hydrogens (tertiary/aromatic N) is 2. The summed E-state index contributed by atoms with van der Waals surface area (Å²) >= 11 is 0. The minimum Gasteiger partial charge on any atom is -0.323 e. The fourth-order valence-electron chi connectivity index (χ4n) is 3.73. The van der Waals surface area contributed by atoms with Crippen molar-refractivity contribution in [1.29, 1.82) is 0 Å². The van der Waals surface area contributed by atoms with E-state index in [2.05, 4.69) is 0 Å². The molecule has 0 spiro atoms. The molecular weight excluding hydrogens is 388 g/mol. The second-order valence-electron chi connectivity index (χ2n) is 7.65. The Labute approximate surface area is 172 Å². The smallest absolute Gasteiger partial charge is 0.323 e. The normalized spacial score (nSPS) is 20.8. The van der Waals surface area contributed by atoms with Crippen molar-refractivity contribution in [3.8, 4) is 0 Å². The van der Waals surface area contributed by atoms with Crippen LogP contribution in [0.2, 0.25) is 0 Å². The number of carbonyl (C=O) groups is 2. The quantitative estimate of drug-likeness (QED) is 0.752. The number of hydrogen-bond donors (Lipinski definition) is 0. The third kappa shape index (κ3) is 4.19. The summed E-state index contributed by atoms with van der Waals surface area (Å²) < 4.78 is 23.5. The molecule has 1 fully saturated rings. The third-order valence-electron chi connectivity index (χ3n) is 5.78. The number of likely N-dealkylation sites (N-methyl/N-ethyl adjacent to an activating group) is 1. The van der Waals surface area contributed by atoms with Gasteiger partial charge in [0.25, 0.3) is 0 Å². The molecule has 2 aromatic carbocycles. The SMILES string of the molecule is CC1C(C)N(C(=O)C[C@@H](c2ccccc2)c2ccc(S(C)(=O)=O)cc2)C(=O)N1C. The number of carbonyl (C=O) groups excluding carboxylic acids is 2. The van der Waals surface area contributed by atoms with Gasteiger partial charge in [-0.1, -0.05) is 42.5 Å². The molecule has 3 rings (SSSR count). The van der Waals surface area contributed by atoms with Crippen molar-refractivity contribution < 1.29 is 18.0 Å². The van der Waals surface area contributed by atoms with Crippen LogP contribution in [0.1, 0.15) is 37.3 Å². The van der Waals surface area contributed by atoms with Crippen LogP contribution in [0.25, 0.3) is 0 Å². The summed E-state index contributed by atoms with van der Waals surface area (Å²) in [6, 6.07) is 15.6. The number of benzene rings is 2. The Bertz CT molecular complexity index is 1000. The van der Waals surface area contributed by atoms with Crippen molar-refractivity contribution in [3.63, 3.8) is 0 Å². The van der Waals surface area contributed by atoms with Gasteiger partial charge in [0.05, 0.1) is 17.0 Å². The van der Waals surface area contributed by atoms with Gasteiger partial charge in [-0.05, 0) is 37.1 Å². The van der Waals surface area contributed by atoms with E-state index in [9.17, 15) is 18.0 Å². The summed E-state index contributed by atoms with van der Waals surface area (Å²) in [5.74, 6) is -0.515. The van der Waals surface area contributed by atoms with Gasteiger partial charge in [-0.2, -0.15) is 0 Å². The lowest BCUT2D eigenvalue weighted by atomic mass is 9.88. The highest BCUT2D eigenvalue weighted by Crippen LogP contribution is 2.31. The lowest BCUT2D eigenvalue weighted by molar-refractivity contribution is -0.129. The highest BCUT2D eigenvalue weighted by Gasteiger charge is 2.42. The molecule has 0 aromatic heterocycles. The Morgan fingerprint density at radius 3 is 2.00 bits per heavy atom. The lowest BCUT2D eigenvalue weighted by Crippen LogP contribution is -2.39.